The molecule has 0 atom stereocenters. The second-order valence-electron chi connectivity index (χ2n) is 4.60. The Morgan fingerprint density at radius 1 is 1.15 bits per heavy atom. The minimum Gasteiger partial charge on any atom is -0.361 e. The molecule has 0 aliphatic heterocycles. The largest absolute Gasteiger partial charge is 0.361 e. The standard InChI is InChI=1S/C16H13FN2O/c17-12-4-1-3-11(9-12)10-16(20)19-15-6-2-5-14-13(15)7-8-18-14/h1-9,18H,10H2,(H,19,20). The molecule has 100 valence electrons. The van der Waals surface area contributed by atoms with Crippen LogP contribution >= 0.6 is 0 Å². The second kappa shape index (κ2) is 5.17. The fraction of sp³-hybridized carbons (Fsp3) is 0.0625. The van der Waals surface area contributed by atoms with Gasteiger partial charge in [-0.1, -0.05) is 18.2 Å². The summed E-state index contributed by atoms with van der Waals surface area (Å²) in [7, 11) is 0. The van der Waals surface area contributed by atoms with E-state index < -0.39 is 0 Å². The van der Waals surface area contributed by atoms with Crippen LogP contribution in [-0.4, -0.2) is 10.9 Å². The maximum absolute atomic E-state index is 13.1. The van der Waals surface area contributed by atoms with Gasteiger partial charge in [0, 0.05) is 17.1 Å². The van der Waals surface area contributed by atoms with Gasteiger partial charge in [-0.05, 0) is 35.9 Å². The summed E-state index contributed by atoms with van der Waals surface area (Å²) in [5.41, 5.74) is 2.38. The average molecular weight is 268 g/mol. The molecule has 20 heavy (non-hydrogen) atoms. The van der Waals surface area contributed by atoms with Crippen LogP contribution < -0.4 is 5.32 Å². The van der Waals surface area contributed by atoms with Crippen molar-refractivity contribution in [3.63, 3.8) is 0 Å². The Kier molecular flexibility index (Phi) is 3.21. The predicted octanol–water partition coefficient (Wildman–Crippen LogP) is 3.49. The van der Waals surface area contributed by atoms with Crippen LogP contribution in [0.15, 0.2) is 54.7 Å². The summed E-state index contributed by atoms with van der Waals surface area (Å²) in [5, 5.41) is 3.82. The molecule has 0 saturated carbocycles. The van der Waals surface area contributed by atoms with E-state index in [0.717, 1.165) is 16.6 Å². The molecule has 4 heteroatoms. The van der Waals surface area contributed by atoms with Crippen LogP contribution in [0.25, 0.3) is 10.9 Å². The lowest BCUT2D eigenvalue weighted by molar-refractivity contribution is -0.115. The van der Waals surface area contributed by atoms with Crippen LogP contribution in [0.4, 0.5) is 10.1 Å². The van der Waals surface area contributed by atoms with Crippen molar-refractivity contribution in [3.8, 4) is 0 Å². The monoisotopic (exact) mass is 268 g/mol. The van der Waals surface area contributed by atoms with Crippen molar-refractivity contribution in [1.29, 1.82) is 0 Å². The van der Waals surface area contributed by atoms with E-state index >= 15 is 0 Å². The number of fused-ring (bicyclic) bond motifs is 1. The molecule has 3 aromatic rings. The van der Waals surface area contributed by atoms with Crippen LogP contribution in [0.3, 0.4) is 0 Å². The topological polar surface area (TPSA) is 44.9 Å². The molecule has 0 saturated heterocycles. The number of H-pyrrole nitrogens is 1. The lowest BCUT2D eigenvalue weighted by Crippen LogP contribution is -2.14. The molecule has 1 heterocycles. The summed E-state index contributed by atoms with van der Waals surface area (Å²) in [6.07, 6.45) is 1.98. The SMILES string of the molecule is O=C(Cc1cccc(F)c1)Nc1cccc2[nH]ccc12. The average Bonchev–Trinajstić information content (AvgIpc) is 2.88. The lowest BCUT2D eigenvalue weighted by atomic mass is 10.1. The third-order valence-corrected chi connectivity index (χ3v) is 3.12. The number of carbonyl (C=O) groups is 1. The third kappa shape index (κ3) is 2.54. The van der Waals surface area contributed by atoms with E-state index in [1.807, 2.05) is 30.5 Å². The first-order valence-electron chi connectivity index (χ1n) is 6.33. The van der Waals surface area contributed by atoms with Gasteiger partial charge in [-0.3, -0.25) is 4.79 Å². The minimum atomic E-state index is -0.331. The van der Waals surface area contributed by atoms with Crippen molar-refractivity contribution in [2.75, 3.05) is 5.32 Å². The number of aromatic nitrogens is 1. The number of amides is 1. The van der Waals surface area contributed by atoms with Crippen LogP contribution in [0, 0.1) is 5.82 Å². The molecule has 0 fully saturated rings. The molecule has 2 aromatic carbocycles. The number of hydrogen-bond donors (Lipinski definition) is 2. The van der Waals surface area contributed by atoms with Gasteiger partial charge >= 0.3 is 0 Å². The highest BCUT2D eigenvalue weighted by atomic mass is 19.1. The Labute approximate surface area is 115 Å². The summed E-state index contributed by atoms with van der Waals surface area (Å²) in [6, 6.07) is 13.6. The molecular formula is C16H13FN2O. The van der Waals surface area contributed by atoms with E-state index in [1.54, 1.807) is 12.1 Å². The quantitative estimate of drug-likeness (QED) is 0.750. The highest BCUT2D eigenvalue weighted by molar-refractivity contribution is 6.01. The van der Waals surface area contributed by atoms with Gasteiger partial charge < -0.3 is 10.3 Å². The number of anilines is 1. The first kappa shape index (κ1) is 12.4. The molecule has 3 nitrogen and oxygen atoms in total. The Morgan fingerprint density at radius 2 is 2.00 bits per heavy atom. The smallest absolute Gasteiger partial charge is 0.228 e. The van der Waals surface area contributed by atoms with Gasteiger partial charge in [-0.15, -0.1) is 0 Å². The molecule has 0 aliphatic rings. The molecule has 0 aliphatic carbocycles. The maximum atomic E-state index is 13.1. The highest BCUT2D eigenvalue weighted by Crippen LogP contribution is 2.22. The van der Waals surface area contributed by atoms with Gasteiger partial charge in [0.1, 0.15) is 5.82 Å². The van der Waals surface area contributed by atoms with Crippen molar-refractivity contribution in [2.45, 2.75) is 6.42 Å². The van der Waals surface area contributed by atoms with Gasteiger partial charge in [-0.2, -0.15) is 0 Å². The Morgan fingerprint density at radius 3 is 2.85 bits per heavy atom. The highest BCUT2D eigenvalue weighted by Gasteiger charge is 2.07. The Hall–Kier alpha value is -2.62. The molecule has 1 amide bonds. The molecule has 2 N–H and O–H groups in total. The summed E-state index contributed by atoms with van der Waals surface area (Å²) < 4.78 is 13.1. The second-order valence-corrected chi connectivity index (χ2v) is 4.60. The number of carbonyl (C=O) groups excluding carboxylic acids is 1. The fourth-order valence-corrected chi connectivity index (χ4v) is 2.22. The van der Waals surface area contributed by atoms with Gasteiger partial charge in [0.25, 0.3) is 0 Å². The van der Waals surface area contributed by atoms with E-state index in [1.165, 1.54) is 12.1 Å². The minimum absolute atomic E-state index is 0.151. The molecule has 0 radical (unpaired) electrons. The van der Waals surface area contributed by atoms with Gasteiger partial charge in [-0.25, -0.2) is 4.39 Å². The summed E-state index contributed by atoms with van der Waals surface area (Å²) >= 11 is 0. The summed E-state index contributed by atoms with van der Waals surface area (Å²) in [6.45, 7) is 0. The van der Waals surface area contributed by atoms with Crippen molar-refractivity contribution in [3.05, 3.63) is 66.1 Å². The number of halogens is 1. The van der Waals surface area contributed by atoms with Crippen LogP contribution in [0.5, 0.6) is 0 Å². The number of aromatic amines is 1. The van der Waals surface area contributed by atoms with E-state index in [0.29, 0.717) is 5.56 Å². The molecule has 0 bridgehead atoms. The number of benzene rings is 2. The number of rotatable bonds is 3. The molecular weight excluding hydrogens is 255 g/mol. The zero-order valence-electron chi connectivity index (χ0n) is 10.7. The normalized spacial score (nSPS) is 10.7. The Balaban J connectivity index is 1.77. The lowest BCUT2D eigenvalue weighted by Gasteiger charge is -2.07. The van der Waals surface area contributed by atoms with E-state index in [9.17, 15) is 9.18 Å². The molecule has 0 unspecified atom stereocenters. The van der Waals surface area contributed by atoms with Gasteiger partial charge in [0.2, 0.25) is 5.91 Å². The van der Waals surface area contributed by atoms with Crippen LogP contribution in [-0.2, 0) is 11.2 Å². The van der Waals surface area contributed by atoms with Gasteiger partial charge in [0.05, 0.1) is 12.1 Å². The summed E-state index contributed by atoms with van der Waals surface area (Å²) in [4.78, 5) is 15.1. The molecule has 3 rings (SSSR count). The van der Waals surface area contributed by atoms with E-state index in [-0.39, 0.29) is 18.1 Å². The number of hydrogen-bond acceptors (Lipinski definition) is 1. The first-order valence-corrected chi connectivity index (χ1v) is 6.33. The molecule has 1 aromatic heterocycles. The predicted molar refractivity (Wildman–Crippen MR) is 77.0 cm³/mol. The van der Waals surface area contributed by atoms with E-state index in [2.05, 4.69) is 10.3 Å². The summed E-state index contributed by atoms with van der Waals surface area (Å²) in [5.74, 6) is -0.493. The fourth-order valence-electron chi connectivity index (χ4n) is 2.22. The van der Waals surface area contributed by atoms with Crippen molar-refractivity contribution in [1.82, 2.24) is 4.98 Å². The van der Waals surface area contributed by atoms with Gasteiger partial charge in [0.15, 0.2) is 0 Å². The van der Waals surface area contributed by atoms with Crippen LogP contribution in [0.1, 0.15) is 5.56 Å². The molecule has 0 spiro atoms. The maximum Gasteiger partial charge on any atom is 0.228 e. The number of nitrogens with one attached hydrogen (secondary N) is 2. The van der Waals surface area contributed by atoms with Crippen LogP contribution in [0.2, 0.25) is 0 Å². The van der Waals surface area contributed by atoms with E-state index in [4.69, 9.17) is 0 Å². The first-order chi connectivity index (χ1) is 9.72. The Bertz CT molecular complexity index is 764. The van der Waals surface area contributed by atoms with Crippen molar-refractivity contribution >= 4 is 22.5 Å². The van der Waals surface area contributed by atoms with Crippen molar-refractivity contribution < 1.29 is 9.18 Å². The van der Waals surface area contributed by atoms with Crippen molar-refractivity contribution in [2.24, 2.45) is 0 Å². The third-order valence-electron chi connectivity index (χ3n) is 3.12. The zero-order valence-corrected chi connectivity index (χ0v) is 10.7. The zero-order chi connectivity index (χ0) is 13.9.